The lowest BCUT2D eigenvalue weighted by Crippen LogP contribution is -2.01. The Morgan fingerprint density at radius 3 is 2.82 bits per heavy atom. The first-order chi connectivity index (χ1) is 8.38. The molecule has 0 saturated carbocycles. The van der Waals surface area contributed by atoms with Gasteiger partial charge >= 0.3 is 0 Å². The van der Waals surface area contributed by atoms with Gasteiger partial charge < -0.3 is 5.73 Å². The summed E-state index contributed by atoms with van der Waals surface area (Å²) < 4.78 is 1.92. The van der Waals surface area contributed by atoms with Crippen molar-refractivity contribution in [3.8, 4) is 0 Å². The van der Waals surface area contributed by atoms with E-state index in [2.05, 4.69) is 29.4 Å². The van der Waals surface area contributed by atoms with Gasteiger partial charge in [0.1, 0.15) is 0 Å². The molecule has 0 unspecified atom stereocenters. The normalized spacial score (nSPS) is 11.1. The molecule has 0 aliphatic rings. The molecule has 1 heterocycles. The van der Waals surface area contributed by atoms with Crippen LogP contribution in [0.1, 0.15) is 11.1 Å². The summed E-state index contributed by atoms with van der Waals surface area (Å²) in [7, 11) is 0. The Labute approximate surface area is 102 Å². The van der Waals surface area contributed by atoms with Crippen molar-refractivity contribution in [1.29, 1.82) is 0 Å². The standard InChI is InChI=1S/C14H17N3/c15-9-8-14-11-16-17(12-14)10-4-7-13-5-2-1-3-6-13/h1-7,11-12H,8-10,15H2. The summed E-state index contributed by atoms with van der Waals surface area (Å²) >= 11 is 0. The van der Waals surface area contributed by atoms with Crippen LogP contribution in [0, 0.1) is 0 Å². The number of aromatic nitrogens is 2. The van der Waals surface area contributed by atoms with Gasteiger partial charge in [0.2, 0.25) is 0 Å². The van der Waals surface area contributed by atoms with E-state index in [0.717, 1.165) is 13.0 Å². The smallest absolute Gasteiger partial charge is 0.0593 e. The van der Waals surface area contributed by atoms with Crippen LogP contribution in [0.3, 0.4) is 0 Å². The van der Waals surface area contributed by atoms with Gasteiger partial charge in [0.25, 0.3) is 0 Å². The molecule has 2 rings (SSSR count). The molecule has 1 aromatic heterocycles. The van der Waals surface area contributed by atoms with Crippen LogP contribution in [-0.2, 0) is 13.0 Å². The largest absolute Gasteiger partial charge is 0.330 e. The van der Waals surface area contributed by atoms with Gasteiger partial charge in [-0.05, 0) is 24.1 Å². The van der Waals surface area contributed by atoms with Gasteiger partial charge in [0.15, 0.2) is 0 Å². The second kappa shape index (κ2) is 6.01. The summed E-state index contributed by atoms with van der Waals surface area (Å²) in [5.41, 5.74) is 7.90. The summed E-state index contributed by atoms with van der Waals surface area (Å²) in [6.07, 6.45) is 9.02. The minimum Gasteiger partial charge on any atom is -0.330 e. The van der Waals surface area contributed by atoms with E-state index in [0.29, 0.717) is 6.54 Å². The Balaban J connectivity index is 1.91. The van der Waals surface area contributed by atoms with Crippen molar-refractivity contribution in [2.24, 2.45) is 5.73 Å². The summed E-state index contributed by atoms with van der Waals surface area (Å²) in [4.78, 5) is 0. The third-order valence-corrected chi connectivity index (χ3v) is 2.52. The van der Waals surface area contributed by atoms with Crippen molar-refractivity contribution in [3.63, 3.8) is 0 Å². The van der Waals surface area contributed by atoms with Crippen LogP contribution < -0.4 is 5.73 Å². The predicted octanol–water partition coefficient (Wildman–Crippen LogP) is 2.10. The highest BCUT2D eigenvalue weighted by Gasteiger charge is 1.95. The SMILES string of the molecule is NCCc1cnn(CC=Cc2ccccc2)c1. The van der Waals surface area contributed by atoms with E-state index in [1.807, 2.05) is 35.3 Å². The molecule has 3 heteroatoms. The molecule has 2 N–H and O–H groups in total. The number of hydrogen-bond acceptors (Lipinski definition) is 2. The van der Waals surface area contributed by atoms with Gasteiger partial charge in [0, 0.05) is 6.20 Å². The lowest BCUT2D eigenvalue weighted by Gasteiger charge is -1.95. The molecule has 3 nitrogen and oxygen atoms in total. The van der Waals surface area contributed by atoms with E-state index in [4.69, 9.17) is 5.73 Å². The molecular formula is C14H17N3. The van der Waals surface area contributed by atoms with Gasteiger partial charge in [-0.3, -0.25) is 4.68 Å². The lowest BCUT2D eigenvalue weighted by molar-refractivity contribution is 0.702. The minimum atomic E-state index is 0.672. The summed E-state index contributed by atoms with van der Waals surface area (Å²) in [5.74, 6) is 0. The van der Waals surface area contributed by atoms with Crippen LogP contribution in [0.25, 0.3) is 6.08 Å². The highest BCUT2D eigenvalue weighted by molar-refractivity contribution is 5.48. The van der Waals surface area contributed by atoms with Crippen molar-refractivity contribution in [2.75, 3.05) is 6.54 Å². The first-order valence-electron chi connectivity index (χ1n) is 5.81. The highest BCUT2D eigenvalue weighted by Crippen LogP contribution is 2.02. The lowest BCUT2D eigenvalue weighted by atomic mass is 10.2. The minimum absolute atomic E-state index is 0.672. The molecule has 0 amide bonds. The van der Waals surface area contributed by atoms with Gasteiger partial charge in [-0.1, -0.05) is 42.5 Å². The molecule has 0 saturated heterocycles. The predicted molar refractivity (Wildman–Crippen MR) is 70.5 cm³/mol. The van der Waals surface area contributed by atoms with Gasteiger partial charge in [0.05, 0.1) is 12.7 Å². The van der Waals surface area contributed by atoms with Crippen LogP contribution in [0.15, 0.2) is 48.8 Å². The number of nitrogens with two attached hydrogens (primary N) is 1. The first kappa shape index (κ1) is 11.6. The molecule has 1 aromatic carbocycles. The Hall–Kier alpha value is -1.87. The second-order valence-electron chi connectivity index (χ2n) is 3.92. The van der Waals surface area contributed by atoms with E-state index in [-0.39, 0.29) is 0 Å². The number of hydrogen-bond donors (Lipinski definition) is 1. The zero-order chi connectivity index (χ0) is 11.9. The second-order valence-corrected chi connectivity index (χ2v) is 3.92. The number of nitrogens with zero attached hydrogens (tertiary/aromatic N) is 2. The molecular weight excluding hydrogens is 210 g/mol. The number of rotatable bonds is 5. The molecule has 0 fully saturated rings. The molecule has 0 atom stereocenters. The Kier molecular flexibility index (Phi) is 4.11. The Morgan fingerprint density at radius 2 is 2.06 bits per heavy atom. The number of allylic oxidation sites excluding steroid dienone is 1. The van der Waals surface area contributed by atoms with Gasteiger partial charge in [-0.25, -0.2) is 0 Å². The summed E-state index contributed by atoms with van der Waals surface area (Å²) in [5, 5.41) is 4.28. The van der Waals surface area contributed by atoms with Crippen molar-refractivity contribution in [1.82, 2.24) is 9.78 Å². The zero-order valence-electron chi connectivity index (χ0n) is 9.79. The average Bonchev–Trinajstić information content (AvgIpc) is 2.79. The third kappa shape index (κ3) is 3.57. The van der Waals surface area contributed by atoms with E-state index >= 15 is 0 Å². The summed E-state index contributed by atoms with van der Waals surface area (Å²) in [6.45, 7) is 1.46. The fraction of sp³-hybridized carbons (Fsp3) is 0.214. The van der Waals surface area contributed by atoms with Crippen LogP contribution in [0.2, 0.25) is 0 Å². The van der Waals surface area contributed by atoms with Crippen molar-refractivity contribution in [3.05, 3.63) is 59.9 Å². The van der Waals surface area contributed by atoms with Crippen LogP contribution in [-0.4, -0.2) is 16.3 Å². The fourth-order valence-electron chi connectivity index (χ4n) is 1.66. The van der Waals surface area contributed by atoms with Crippen molar-refractivity contribution < 1.29 is 0 Å². The zero-order valence-corrected chi connectivity index (χ0v) is 9.79. The Morgan fingerprint density at radius 1 is 1.24 bits per heavy atom. The maximum Gasteiger partial charge on any atom is 0.0593 e. The van der Waals surface area contributed by atoms with Gasteiger partial charge in [-0.15, -0.1) is 0 Å². The van der Waals surface area contributed by atoms with Crippen LogP contribution >= 0.6 is 0 Å². The van der Waals surface area contributed by atoms with Crippen molar-refractivity contribution in [2.45, 2.75) is 13.0 Å². The van der Waals surface area contributed by atoms with E-state index in [1.54, 1.807) is 0 Å². The van der Waals surface area contributed by atoms with Gasteiger partial charge in [-0.2, -0.15) is 5.10 Å². The highest BCUT2D eigenvalue weighted by atomic mass is 15.3. The monoisotopic (exact) mass is 227 g/mol. The molecule has 0 aliphatic heterocycles. The molecule has 0 spiro atoms. The van der Waals surface area contributed by atoms with E-state index < -0.39 is 0 Å². The maximum atomic E-state index is 5.49. The topological polar surface area (TPSA) is 43.8 Å². The van der Waals surface area contributed by atoms with Crippen LogP contribution in [0.4, 0.5) is 0 Å². The first-order valence-corrected chi connectivity index (χ1v) is 5.81. The number of benzene rings is 1. The molecule has 0 radical (unpaired) electrons. The van der Waals surface area contributed by atoms with E-state index in [9.17, 15) is 0 Å². The fourth-order valence-corrected chi connectivity index (χ4v) is 1.66. The third-order valence-electron chi connectivity index (χ3n) is 2.52. The Bertz CT molecular complexity index is 471. The molecule has 88 valence electrons. The average molecular weight is 227 g/mol. The molecule has 0 bridgehead atoms. The molecule has 2 aromatic rings. The van der Waals surface area contributed by atoms with Crippen molar-refractivity contribution >= 4 is 6.08 Å². The summed E-state index contributed by atoms with van der Waals surface area (Å²) in [6, 6.07) is 10.3. The molecule has 0 aliphatic carbocycles. The molecule has 17 heavy (non-hydrogen) atoms. The maximum absolute atomic E-state index is 5.49. The quantitative estimate of drug-likeness (QED) is 0.850. The van der Waals surface area contributed by atoms with Crippen LogP contribution in [0.5, 0.6) is 0 Å². The van der Waals surface area contributed by atoms with E-state index in [1.165, 1.54) is 11.1 Å².